The first-order chi connectivity index (χ1) is 5.49. The van der Waals surface area contributed by atoms with E-state index in [0.29, 0.717) is 12.0 Å². The van der Waals surface area contributed by atoms with Crippen LogP contribution in [-0.2, 0) is 0 Å². The van der Waals surface area contributed by atoms with E-state index in [4.69, 9.17) is 0 Å². The molecule has 12 heavy (non-hydrogen) atoms. The van der Waals surface area contributed by atoms with E-state index in [2.05, 4.69) is 52.3 Å². The topological polar surface area (TPSA) is 3.24 Å². The van der Waals surface area contributed by atoms with Crippen LogP contribution < -0.4 is 0 Å². The van der Waals surface area contributed by atoms with E-state index in [9.17, 15) is 0 Å². The molecule has 0 rings (SSSR count). The van der Waals surface area contributed by atoms with Crippen molar-refractivity contribution in [2.24, 2.45) is 11.8 Å². The number of thiol groups is 1. The van der Waals surface area contributed by atoms with Gasteiger partial charge in [-0.1, -0.05) is 20.8 Å². The van der Waals surface area contributed by atoms with Crippen LogP contribution in [-0.4, -0.2) is 30.3 Å². The number of nitrogens with zero attached hydrogens (tertiary/aromatic N) is 1. The Hall–Kier alpha value is 0.310. The summed E-state index contributed by atoms with van der Waals surface area (Å²) in [6.45, 7) is 10.2. The maximum absolute atomic E-state index is 4.28. The third-order valence-electron chi connectivity index (χ3n) is 2.57. The van der Waals surface area contributed by atoms with Crippen LogP contribution in [0.5, 0.6) is 0 Å². The molecule has 0 spiro atoms. The monoisotopic (exact) mass is 189 g/mol. The maximum Gasteiger partial charge on any atom is 0.00869 e. The predicted octanol–water partition coefficient (Wildman–Crippen LogP) is 2.53. The van der Waals surface area contributed by atoms with E-state index in [1.807, 2.05) is 0 Å². The lowest BCUT2D eigenvalue weighted by molar-refractivity contribution is 0.189. The molecule has 0 N–H and O–H groups in total. The van der Waals surface area contributed by atoms with Gasteiger partial charge in [0.25, 0.3) is 0 Å². The van der Waals surface area contributed by atoms with E-state index in [1.54, 1.807) is 0 Å². The van der Waals surface area contributed by atoms with Gasteiger partial charge in [0.2, 0.25) is 0 Å². The highest BCUT2D eigenvalue weighted by atomic mass is 32.1. The van der Waals surface area contributed by atoms with Crippen molar-refractivity contribution >= 4 is 12.6 Å². The SMILES string of the molecule is CC(CS)CN(C)C(C)C(C)C. The summed E-state index contributed by atoms with van der Waals surface area (Å²) in [5.74, 6) is 2.41. The van der Waals surface area contributed by atoms with Crippen LogP contribution in [0.1, 0.15) is 27.7 Å². The molecule has 0 fully saturated rings. The molecular weight excluding hydrogens is 166 g/mol. The van der Waals surface area contributed by atoms with Crippen LogP contribution in [0.2, 0.25) is 0 Å². The van der Waals surface area contributed by atoms with Crippen molar-refractivity contribution in [3.05, 3.63) is 0 Å². The Kier molecular flexibility index (Phi) is 6.02. The summed E-state index contributed by atoms with van der Waals surface area (Å²) in [6.07, 6.45) is 0. The van der Waals surface area contributed by atoms with Gasteiger partial charge < -0.3 is 4.90 Å². The Morgan fingerprint density at radius 1 is 1.17 bits per heavy atom. The van der Waals surface area contributed by atoms with Crippen LogP contribution in [0, 0.1) is 11.8 Å². The van der Waals surface area contributed by atoms with Gasteiger partial charge in [0.1, 0.15) is 0 Å². The van der Waals surface area contributed by atoms with Crippen LogP contribution in [0.25, 0.3) is 0 Å². The van der Waals surface area contributed by atoms with Crippen molar-refractivity contribution < 1.29 is 0 Å². The van der Waals surface area contributed by atoms with Crippen molar-refractivity contribution in [1.29, 1.82) is 0 Å². The molecule has 0 aromatic rings. The highest BCUT2D eigenvalue weighted by molar-refractivity contribution is 7.80. The Bertz CT molecular complexity index is 114. The molecule has 0 radical (unpaired) electrons. The van der Waals surface area contributed by atoms with E-state index in [-0.39, 0.29) is 0 Å². The Balaban J connectivity index is 3.78. The van der Waals surface area contributed by atoms with E-state index < -0.39 is 0 Å². The number of hydrogen-bond donors (Lipinski definition) is 1. The average molecular weight is 189 g/mol. The van der Waals surface area contributed by atoms with Crippen molar-refractivity contribution in [3.63, 3.8) is 0 Å². The van der Waals surface area contributed by atoms with Crippen LogP contribution >= 0.6 is 12.6 Å². The maximum atomic E-state index is 4.28. The fraction of sp³-hybridized carbons (Fsp3) is 1.00. The zero-order valence-corrected chi connectivity index (χ0v) is 9.94. The lowest BCUT2D eigenvalue weighted by Gasteiger charge is -2.29. The summed E-state index contributed by atoms with van der Waals surface area (Å²) in [5, 5.41) is 0. The van der Waals surface area contributed by atoms with Gasteiger partial charge >= 0.3 is 0 Å². The van der Waals surface area contributed by atoms with Crippen LogP contribution in [0.4, 0.5) is 0 Å². The normalized spacial score (nSPS) is 17.0. The summed E-state index contributed by atoms with van der Waals surface area (Å²) in [6, 6.07) is 0.673. The molecule has 0 aliphatic carbocycles. The van der Waals surface area contributed by atoms with Gasteiger partial charge in [-0.15, -0.1) is 0 Å². The minimum atomic E-state index is 0.673. The van der Waals surface area contributed by atoms with Crippen LogP contribution in [0.3, 0.4) is 0 Å². The largest absolute Gasteiger partial charge is 0.303 e. The van der Waals surface area contributed by atoms with E-state index >= 15 is 0 Å². The number of hydrogen-bond acceptors (Lipinski definition) is 2. The quantitative estimate of drug-likeness (QED) is 0.651. The zero-order chi connectivity index (χ0) is 9.72. The van der Waals surface area contributed by atoms with Gasteiger partial charge in [-0.2, -0.15) is 12.6 Å². The molecule has 2 unspecified atom stereocenters. The highest BCUT2D eigenvalue weighted by Crippen LogP contribution is 2.10. The predicted molar refractivity (Wildman–Crippen MR) is 59.9 cm³/mol. The highest BCUT2D eigenvalue weighted by Gasteiger charge is 2.14. The van der Waals surface area contributed by atoms with Crippen molar-refractivity contribution in [2.45, 2.75) is 33.7 Å². The second kappa shape index (κ2) is 5.87. The average Bonchev–Trinajstić information content (AvgIpc) is 2.02. The summed E-state index contributed by atoms with van der Waals surface area (Å²) in [5.41, 5.74) is 0. The van der Waals surface area contributed by atoms with Gasteiger partial charge in [-0.3, -0.25) is 0 Å². The standard InChI is InChI=1S/C10H23NS/c1-8(2)10(4)11(5)6-9(3)7-12/h8-10,12H,6-7H2,1-5H3. The minimum absolute atomic E-state index is 0.673. The van der Waals surface area contributed by atoms with E-state index in [0.717, 1.165) is 18.2 Å². The smallest absolute Gasteiger partial charge is 0.00869 e. The Labute approximate surface area is 82.9 Å². The fourth-order valence-electron chi connectivity index (χ4n) is 1.22. The zero-order valence-electron chi connectivity index (χ0n) is 9.04. The molecule has 0 aliphatic heterocycles. The molecule has 0 heterocycles. The first-order valence-corrected chi connectivity index (χ1v) is 5.43. The lowest BCUT2D eigenvalue weighted by atomic mass is 10.0. The molecule has 0 aliphatic rings. The Morgan fingerprint density at radius 3 is 2.00 bits per heavy atom. The first-order valence-electron chi connectivity index (χ1n) is 4.80. The second-order valence-electron chi connectivity index (χ2n) is 4.21. The first kappa shape index (κ1) is 12.3. The second-order valence-corrected chi connectivity index (χ2v) is 4.58. The molecule has 1 nitrogen and oxygen atoms in total. The summed E-state index contributed by atoms with van der Waals surface area (Å²) in [7, 11) is 2.20. The Morgan fingerprint density at radius 2 is 1.67 bits per heavy atom. The molecule has 0 saturated carbocycles. The van der Waals surface area contributed by atoms with E-state index in [1.165, 1.54) is 0 Å². The molecule has 0 aromatic carbocycles. The summed E-state index contributed by atoms with van der Waals surface area (Å²) in [4.78, 5) is 2.42. The molecule has 0 aromatic heterocycles. The fourth-order valence-corrected chi connectivity index (χ4v) is 1.34. The van der Waals surface area contributed by atoms with Gasteiger partial charge in [0.15, 0.2) is 0 Å². The van der Waals surface area contributed by atoms with Crippen molar-refractivity contribution in [2.75, 3.05) is 19.3 Å². The minimum Gasteiger partial charge on any atom is -0.303 e. The third-order valence-corrected chi connectivity index (χ3v) is 3.19. The summed E-state index contributed by atoms with van der Waals surface area (Å²) >= 11 is 4.28. The van der Waals surface area contributed by atoms with Gasteiger partial charge in [-0.25, -0.2) is 0 Å². The molecule has 74 valence electrons. The summed E-state index contributed by atoms with van der Waals surface area (Å²) < 4.78 is 0. The van der Waals surface area contributed by atoms with Gasteiger partial charge in [0, 0.05) is 12.6 Å². The molecule has 0 bridgehead atoms. The number of rotatable bonds is 5. The third kappa shape index (κ3) is 4.36. The van der Waals surface area contributed by atoms with Crippen LogP contribution in [0.15, 0.2) is 0 Å². The molecule has 2 atom stereocenters. The van der Waals surface area contributed by atoms with Crippen molar-refractivity contribution in [1.82, 2.24) is 4.90 Å². The lowest BCUT2D eigenvalue weighted by Crippen LogP contribution is -2.36. The van der Waals surface area contributed by atoms with Gasteiger partial charge in [0.05, 0.1) is 0 Å². The molecule has 0 saturated heterocycles. The van der Waals surface area contributed by atoms with Crippen molar-refractivity contribution in [3.8, 4) is 0 Å². The van der Waals surface area contributed by atoms with Gasteiger partial charge in [-0.05, 0) is 31.6 Å². The molecule has 0 amide bonds. The molecular formula is C10H23NS. The molecule has 2 heteroatoms.